The highest BCUT2D eigenvalue weighted by Crippen LogP contribution is 2.22. The van der Waals surface area contributed by atoms with Crippen molar-refractivity contribution in [1.29, 1.82) is 0 Å². The summed E-state index contributed by atoms with van der Waals surface area (Å²) in [5.41, 5.74) is 2.82. The Morgan fingerprint density at radius 3 is 2.08 bits per heavy atom. The van der Waals surface area contributed by atoms with E-state index in [-0.39, 0.29) is 24.6 Å². The van der Waals surface area contributed by atoms with Crippen molar-refractivity contribution in [3.63, 3.8) is 0 Å². The molecule has 39 heavy (non-hydrogen) atoms. The van der Waals surface area contributed by atoms with Crippen LogP contribution in [0.3, 0.4) is 0 Å². The lowest BCUT2D eigenvalue weighted by Crippen LogP contribution is -2.54. The summed E-state index contributed by atoms with van der Waals surface area (Å²) in [6.45, 7) is 3.62. The van der Waals surface area contributed by atoms with Crippen molar-refractivity contribution in [2.45, 2.75) is 32.9 Å². The number of hydrogen-bond acceptors (Lipinski definition) is 4. The molecule has 0 bridgehead atoms. The first-order valence-corrected chi connectivity index (χ1v) is 14.0. The van der Waals surface area contributed by atoms with Crippen molar-refractivity contribution >= 4 is 27.7 Å². The summed E-state index contributed by atoms with van der Waals surface area (Å²) in [4.78, 5) is 28.8. The first-order chi connectivity index (χ1) is 18.5. The average Bonchev–Trinajstić information content (AvgIpc) is 2.91. The molecule has 208 valence electrons. The topological polar surface area (TPSA) is 90.0 Å². The monoisotopic (exact) mass is 554 g/mol. The minimum Gasteiger partial charge on any atom is -0.355 e. The third-order valence-corrected chi connectivity index (χ3v) is 8.05. The molecule has 0 saturated heterocycles. The fourth-order valence-electron chi connectivity index (χ4n) is 4.06. The number of carbonyl (C=O) groups is 2. The molecule has 0 heterocycles. The van der Waals surface area contributed by atoms with Gasteiger partial charge < -0.3 is 10.2 Å². The first kappa shape index (κ1) is 29.8. The lowest BCUT2D eigenvalue weighted by Gasteiger charge is -2.34. The molecule has 3 rings (SSSR count). The zero-order valence-electron chi connectivity index (χ0n) is 22.7. The van der Waals surface area contributed by atoms with E-state index in [1.807, 2.05) is 61.5 Å². The van der Waals surface area contributed by atoms with Gasteiger partial charge >= 0.3 is 10.2 Å². The van der Waals surface area contributed by atoms with Crippen molar-refractivity contribution in [3.05, 3.63) is 101 Å². The highest BCUT2D eigenvalue weighted by atomic mass is 32.2. The Morgan fingerprint density at radius 1 is 0.897 bits per heavy atom. The number of halogens is 1. The SMILES string of the molecule is CCNC(=O)[C@H](Cc1ccccc1)N(Cc1ccc(C)cc1)C(=O)CN(c1ccc(F)cc1)S(=O)(=O)N(C)C. The van der Waals surface area contributed by atoms with Crippen LogP contribution in [0.4, 0.5) is 10.1 Å². The van der Waals surface area contributed by atoms with Gasteiger partial charge in [-0.3, -0.25) is 9.59 Å². The molecular formula is C29H35FN4O4S. The predicted molar refractivity (Wildman–Crippen MR) is 151 cm³/mol. The number of anilines is 1. The van der Waals surface area contributed by atoms with Gasteiger partial charge in [-0.2, -0.15) is 12.7 Å². The van der Waals surface area contributed by atoms with Crippen LogP contribution in [0.1, 0.15) is 23.6 Å². The fraction of sp³-hybridized carbons (Fsp3) is 0.310. The average molecular weight is 555 g/mol. The molecule has 0 saturated carbocycles. The van der Waals surface area contributed by atoms with Crippen LogP contribution < -0.4 is 9.62 Å². The van der Waals surface area contributed by atoms with Gasteiger partial charge in [-0.15, -0.1) is 0 Å². The lowest BCUT2D eigenvalue weighted by atomic mass is 10.0. The van der Waals surface area contributed by atoms with E-state index < -0.39 is 34.5 Å². The third-order valence-electron chi connectivity index (χ3n) is 6.23. The number of nitrogens with one attached hydrogen (secondary N) is 1. The molecular weight excluding hydrogens is 519 g/mol. The van der Waals surface area contributed by atoms with Crippen molar-refractivity contribution in [2.24, 2.45) is 0 Å². The summed E-state index contributed by atoms with van der Waals surface area (Å²) >= 11 is 0. The van der Waals surface area contributed by atoms with E-state index in [0.717, 1.165) is 37.4 Å². The maximum Gasteiger partial charge on any atom is 0.304 e. The normalized spacial score (nSPS) is 12.2. The van der Waals surface area contributed by atoms with Crippen molar-refractivity contribution in [1.82, 2.24) is 14.5 Å². The molecule has 3 aromatic carbocycles. The molecule has 2 amide bonds. The van der Waals surface area contributed by atoms with Gasteiger partial charge in [0.15, 0.2) is 0 Å². The number of likely N-dealkylation sites (N-methyl/N-ethyl adjacent to an activating group) is 1. The summed E-state index contributed by atoms with van der Waals surface area (Å²) in [6, 6.07) is 20.9. The smallest absolute Gasteiger partial charge is 0.304 e. The Kier molecular flexibility index (Phi) is 10.2. The maximum atomic E-state index is 14.0. The number of nitrogens with zero attached hydrogens (tertiary/aromatic N) is 3. The Hall–Kier alpha value is -3.76. The third kappa shape index (κ3) is 7.87. The summed E-state index contributed by atoms with van der Waals surface area (Å²) in [5, 5.41) is 2.82. The second-order valence-corrected chi connectivity index (χ2v) is 11.4. The van der Waals surface area contributed by atoms with Crippen LogP contribution in [0.25, 0.3) is 0 Å². The Labute approximate surface area is 230 Å². The second-order valence-electron chi connectivity index (χ2n) is 9.38. The molecule has 1 atom stereocenters. The number of carbonyl (C=O) groups excluding carboxylic acids is 2. The molecule has 0 unspecified atom stereocenters. The molecule has 0 radical (unpaired) electrons. The molecule has 1 N–H and O–H groups in total. The summed E-state index contributed by atoms with van der Waals surface area (Å²) in [7, 11) is -1.42. The molecule has 10 heteroatoms. The van der Waals surface area contributed by atoms with Crippen LogP contribution in [0.2, 0.25) is 0 Å². The number of aryl methyl sites for hydroxylation is 1. The highest BCUT2D eigenvalue weighted by molar-refractivity contribution is 7.90. The standard InChI is InChI=1S/C29H35FN4O4S/c1-5-31-29(36)27(19-23-9-7-6-8-10-23)33(20-24-13-11-22(2)12-14-24)28(35)21-34(39(37,38)32(3)4)26-17-15-25(30)16-18-26/h6-18,27H,5,19-21H2,1-4H3,(H,31,36)/t27-/m0/s1. The quantitative estimate of drug-likeness (QED) is 0.371. The van der Waals surface area contributed by atoms with Gasteiger partial charge in [0.05, 0.1) is 5.69 Å². The van der Waals surface area contributed by atoms with Gasteiger partial charge in [-0.25, -0.2) is 8.70 Å². The Bertz CT molecular complexity index is 1350. The van der Waals surface area contributed by atoms with Gasteiger partial charge in [0.2, 0.25) is 11.8 Å². The van der Waals surface area contributed by atoms with Gasteiger partial charge in [-0.05, 0) is 49.2 Å². The predicted octanol–water partition coefficient (Wildman–Crippen LogP) is 3.52. The van der Waals surface area contributed by atoms with Gasteiger partial charge in [-0.1, -0.05) is 60.2 Å². The number of benzene rings is 3. The maximum absolute atomic E-state index is 14.0. The van der Waals surface area contributed by atoms with E-state index in [1.165, 1.54) is 31.1 Å². The molecule has 0 aliphatic carbocycles. The van der Waals surface area contributed by atoms with Gasteiger partial charge in [0, 0.05) is 33.6 Å². The molecule has 3 aromatic rings. The number of hydrogen-bond donors (Lipinski definition) is 1. The van der Waals surface area contributed by atoms with Gasteiger partial charge in [0.25, 0.3) is 0 Å². The van der Waals surface area contributed by atoms with E-state index in [9.17, 15) is 22.4 Å². The van der Waals surface area contributed by atoms with E-state index in [4.69, 9.17) is 0 Å². The number of rotatable bonds is 12. The fourth-order valence-corrected chi connectivity index (χ4v) is 5.12. The van der Waals surface area contributed by atoms with E-state index >= 15 is 0 Å². The number of amides is 2. The van der Waals surface area contributed by atoms with Crippen LogP contribution in [-0.2, 0) is 32.8 Å². The Morgan fingerprint density at radius 2 is 1.51 bits per heavy atom. The second kappa shape index (κ2) is 13.3. The van der Waals surface area contributed by atoms with Crippen molar-refractivity contribution in [3.8, 4) is 0 Å². The van der Waals surface area contributed by atoms with E-state index in [1.54, 1.807) is 6.92 Å². The zero-order chi connectivity index (χ0) is 28.6. The van der Waals surface area contributed by atoms with Crippen LogP contribution in [0.15, 0.2) is 78.9 Å². The molecule has 0 fully saturated rings. The molecule has 0 spiro atoms. The van der Waals surface area contributed by atoms with Crippen LogP contribution in [0, 0.1) is 12.7 Å². The van der Waals surface area contributed by atoms with Crippen LogP contribution >= 0.6 is 0 Å². The van der Waals surface area contributed by atoms with Crippen molar-refractivity contribution in [2.75, 3.05) is 31.5 Å². The minimum absolute atomic E-state index is 0.0903. The van der Waals surface area contributed by atoms with Crippen LogP contribution in [0.5, 0.6) is 0 Å². The summed E-state index contributed by atoms with van der Waals surface area (Å²) < 4.78 is 42.1. The highest BCUT2D eigenvalue weighted by Gasteiger charge is 2.34. The molecule has 0 aromatic heterocycles. The largest absolute Gasteiger partial charge is 0.355 e. The van der Waals surface area contributed by atoms with E-state index in [2.05, 4.69) is 5.32 Å². The molecule has 0 aliphatic heterocycles. The summed E-state index contributed by atoms with van der Waals surface area (Å²) in [6.07, 6.45) is 0.237. The lowest BCUT2D eigenvalue weighted by molar-refractivity contribution is -0.140. The Balaban J connectivity index is 2.06. The van der Waals surface area contributed by atoms with Gasteiger partial charge in [0.1, 0.15) is 18.4 Å². The molecule has 8 nitrogen and oxygen atoms in total. The zero-order valence-corrected chi connectivity index (χ0v) is 23.5. The van der Waals surface area contributed by atoms with Crippen molar-refractivity contribution < 1.29 is 22.4 Å². The van der Waals surface area contributed by atoms with E-state index in [0.29, 0.717) is 6.54 Å². The first-order valence-electron chi connectivity index (χ1n) is 12.6. The minimum atomic E-state index is -4.13. The van der Waals surface area contributed by atoms with Crippen LogP contribution in [-0.4, -0.2) is 62.7 Å². The molecule has 0 aliphatic rings. The summed E-state index contributed by atoms with van der Waals surface area (Å²) in [5.74, 6) is -1.45.